The highest BCUT2D eigenvalue weighted by molar-refractivity contribution is 5.97. The molecule has 39 heavy (non-hydrogen) atoms. The van der Waals surface area contributed by atoms with Gasteiger partial charge in [-0.05, 0) is 79.5 Å². The number of alkyl halides is 3. The van der Waals surface area contributed by atoms with Crippen molar-refractivity contribution < 1.29 is 32.3 Å². The van der Waals surface area contributed by atoms with Crippen LogP contribution in [-0.4, -0.2) is 22.0 Å². The third-order valence-electron chi connectivity index (χ3n) is 7.52. The Morgan fingerprint density at radius 1 is 1.10 bits per heavy atom. The Balaban J connectivity index is 1.68. The molecule has 206 valence electrons. The Bertz CT molecular complexity index is 1380. The predicted molar refractivity (Wildman–Crippen MR) is 140 cm³/mol. The molecule has 0 aliphatic heterocycles. The number of amides is 1. The maximum atomic E-state index is 15.7. The minimum atomic E-state index is -4.58. The van der Waals surface area contributed by atoms with Gasteiger partial charge < -0.3 is 10.4 Å². The summed E-state index contributed by atoms with van der Waals surface area (Å²) in [5.74, 6) is -2.82. The Hall–Kier alpha value is -3.75. The van der Waals surface area contributed by atoms with Crippen LogP contribution in [0.3, 0.4) is 0 Å². The number of carbonyl (C=O) groups is 2. The highest BCUT2D eigenvalue weighted by Gasteiger charge is 2.35. The Labute approximate surface area is 224 Å². The highest BCUT2D eigenvalue weighted by atomic mass is 19.4. The molecule has 2 N–H and O–H groups in total. The lowest BCUT2D eigenvalue weighted by atomic mass is 9.82. The van der Waals surface area contributed by atoms with Crippen LogP contribution in [0.4, 0.5) is 23.2 Å². The lowest BCUT2D eigenvalue weighted by molar-refractivity contribution is -0.138. The second-order valence-corrected chi connectivity index (χ2v) is 10.1. The summed E-state index contributed by atoms with van der Waals surface area (Å²) in [6.07, 6.45) is 1.04. The van der Waals surface area contributed by atoms with Crippen LogP contribution < -0.4 is 5.32 Å². The monoisotopic (exact) mass is 542 g/mol. The minimum absolute atomic E-state index is 0.0405. The van der Waals surface area contributed by atoms with E-state index in [0.29, 0.717) is 17.7 Å². The summed E-state index contributed by atoms with van der Waals surface area (Å²) in [4.78, 5) is 28.4. The molecule has 1 saturated carbocycles. The number of hydrogen-bond donors (Lipinski definition) is 2. The first-order valence-electron chi connectivity index (χ1n) is 12.9. The maximum absolute atomic E-state index is 15.7. The minimum Gasteiger partial charge on any atom is -0.481 e. The molecule has 1 unspecified atom stereocenters. The SMILES string of the molecule is Cc1cc(C(C(=O)Nc2cccc(CCC(=O)O)c2C)C2CCCC2)c(F)cc1-c1cncc(C(F)(F)F)c1. The smallest absolute Gasteiger partial charge is 0.417 e. The van der Waals surface area contributed by atoms with Crippen LogP contribution >= 0.6 is 0 Å². The average Bonchev–Trinajstić information content (AvgIpc) is 3.40. The number of nitrogens with zero attached hydrogens (tertiary/aromatic N) is 1. The molecule has 0 radical (unpaired) electrons. The summed E-state index contributed by atoms with van der Waals surface area (Å²) >= 11 is 0. The van der Waals surface area contributed by atoms with E-state index in [1.54, 1.807) is 32.0 Å². The molecule has 1 fully saturated rings. The third-order valence-corrected chi connectivity index (χ3v) is 7.52. The van der Waals surface area contributed by atoms with E-state index in [2.05, 4.69) is 10.3 Å². The first kappa shape index (κ1) is 28.3. The van der Waals surface area contributed by atoms with Crippen molar-refractivity contribution in [1.82, 2.24) is 4.98 Å². The van der Waals surface area contributed by atoms with Gasteiger partial charge in [-0.15, -0.1) is 0 Å². The molecule has 1 heterocycles. The summed E-state index contributed by atoms with van der Waals surface area (Å²) in [6.45, 7) is 3.48. The Morgan fingerprint density at radius 2 is 1.82 bits per heavy atom. The van der Waals surface area contributed by atoms with Gasteiger partial charge in [-0.25, -0.2) is 4.39 Å². The molecule has 0 saturated heterocycles. The van der Waals surface area contributed by atoms with Crippen LogP contribution in [0.5, 0.6) is 0 Å². The Morgan fingerprint density at radius 3 is 2.49 bits per heavy atom. The van der Waals surface area contributed by atoms with Crippen LogP contribution in [-0.2, 0) is 22.2 Å². The molecule has 5 nitrogen and oxygen atoms in total. The van der Waals surface area contributed by atoms with E-state index < -0.39 is 29.4 Å². The second-order valence-electron chi connectivity index (χ2n) is 10.1. The van der Waals surface area contributed by atoms with E-state index in [4.69, 9.17) is 5.11 Å². The standard InChI is InChI=1S/C30H30F4N2O3/c1-17-12-24(25(31)14-23(17)21-13-22(16-35-15-21)30(32,33)34)28(20-6-3-4-7-20)29(39)36-26-9-5-8-19(18(26)2)10-11-27(37)38/h5,8-9,12-16,20,28H,3-4,6-7,10-11H2,1-2H3,(H,36,39)(H,37,38). The zero-order chi connectivity index (χ0) is 28.3. The number of halogens is 4. The molecule has 1 amide bonds. The zero-order valence-corrected chi connectivity index (χ0v) is 21.7. The molecule has 1 aliphatic carbocycles. The van der Waals surface area contributed by atoms with Crippen LogP contribution in [0.2, 0.25) is 0 Å². The number of pyridine rings is 1. The number of carboxylic acids is 1. The van der Waals surface area contributed by atoms with Gasteiger partial charge >= 0.3 is 12.1 Å². The molecule has 3 aromatic rings. The van der Waals surface area contributed by atoms with E-state index >= 15 is 4.39 Å². The van der Waals surface area contributed by atoms with Gasteiger partial charge in [0.1, 0.15) is 5.82 Å². The first-order chi connectivity index (χ1) is 18.5. The third kappa shape index (κ3) is 6.46. The van der Waals surface area contributed by atoms with Crippen molar-refractivity contribution in [2.45, 2.75) is 64.5 Å². The molecular weight excluding hydrogens is 512 g/mol. The van der Waals surface area contributed by atoms with Crippen LogP contribution in [0.25, 0.3) is 11.1 Å². The summed E-state index contributed by atoms with van der Waals surface area (Å²) in [6, 6.07) is 8.97. The van der Waals surface area contributed by atoms with Crippen LogP contribution in [0, 0.1) is 25.6 Å². The molecule has 0 spiro atoms. The summed E-state index contributed by atoms with van der Waals surface area (Å²) < 4.78 is 55.4. The summed E-state index contributed by atoms with van der Waals surface area (Å²) in [5.41, 5.74) is 2.33. The van der Waals surface area contributed by atoms with Crippen molar-refractivity contribution in [1.29, 1.82) is 0 Å². The fourth-order valence-electron chi connectivity index (χ4n) is 5.44. The van der Waals surface area contributed by atoms with Gasteiger partial charge in [0.2, 0.25) is 5.91 Å². The normalized spacial score (nSPS) is 14.8. The van der Waals surface area contributed by atoms with Gasteiger partial charge in [-0.3, -0.25) is 14.6 Å². The number of rotatable bonds is 8. The molecule has 2 aromatic carbocycles. The summed E-state index contributed by atoms with van der Waals surface area (Å²) in [5, 5.41) is 12.0. The Kier molecular flexibility index (Phi) is 8.37. The number of carboxylic acid groups (broad SMARTS) is 1. The van der Waals surface area contributed by atoms with Crippen LogP contribution in [0.15, 0.2) is 48.8 Å². The number of aryl methyl sites for hydroxylation is 2. The molecular formula is C30H30F4N2O3. The van der Waals surface area contributed by atoms with E-state index in [9.17, 15) is 22.8 Å². The van der Waals surface area contributed by atoms with Crippen molar-refractivity contribution in [3.05, 3.63) is 82.4 Å². The lowest BCUT2D eigenvalue weighted by Gasteiger charge is -2.25. The maximum Gasteiger partial charge on any atom is 0.417 e. The fourth-order valence-corrected chi connectivity index (χ4v) is 5.44. The van der Waals surface area contributed by atoms with Crippen molar-refractivity contribution in [2.24, 2.45) is 5.92 Å². The first-order valence-corrected chi connectivity index (χ1v) is 12.9. The van der Waals surface area contributed by atoms with E-state index in [1.807, 2.05) is 6.07 Å². The highest BCUT2D eigenvalue weighted by Crippen LogP contribution is 2.41. The lowest BCUT2D eigenvalue weighted by Crippen LogP contribution is -2.28. The van der Waals surface area contributed by atoms with Gasteiger partial charge in [-0.1, -0.05) is 31.0 Å². The second kappa shape index (κ2) is 11.6. The number of aliphatic carboxylic acids is 1. The summed E-state index contributed by atoms with van der Waals surface area (Å²) in [7, 11) is 0. The average molecular weight is 543 g/mol. The van der Waals surface area contributed by atoms with E-state index in [0.717, 1.165) is 49.1 Å². The van der Waals surface area contributed by atoms with Crippen molar-refractivity contribution in [3.8, 4) is 11.1 Å². The van der Waals surface area contributed by atoms with Gasteiger partial charge in [0.15, 0.2) is 0 Å². The molecule has 1 atom stereocenters. The molecule has 0 bridgehead atoms. The molecule has 9 heteroatoms. The quantitative estimate of drug-likeness (QED) is 0.290. The number of carbonyl (C=O) groups excluding carboxylic acids is 1. The van der Waals surface area contributed by atoms with Gasteiger partial charge in [0, 0.05) is 35.6 Å². The number of hydrogen-bond acceptors (Lipinski definition) is 3. The van der Waals surface area contributed by atoms with Gasteiger partial charge in [-0.2, -0.15) is 13.2 Å². The molecule has 1 aromatic heterocycles. The van der Waals surface area contributed by atoms with E-state index in [1.165, 1.54) is 12.3 Å². The predicted octanol–water partition coefficient (Wildman–Crippen LogP) is 7.45. The number of anilines is 1. The van der Waals surface area contributed by atoms with Crippen LogP contribution in [0.1, 0.15) is 65.8 Å². The van der Waals surface area contributed by atoms with Gasteiger partial charge in [0.25, 0.3) is 0 Å². The van der Waals surface area contributed by atoms with E-state index in [-0.39, 0.29) is 34.9 Å². The molecule has 1 aliphatic rings. The number of aromatic nitrogens is 1. The number of nitrogens with one attached hydrogen (secondary N) is 1. The number of benzene rings is 2. The zero-order valence-electron chi connectivity index (χ0n) is 21.7. The van der Waals surface area contributed by atoms with Crippen molar-refractivity contribution >= 4 is 17.6 Å². The topological polar surface area (TPSA) is 79.3 Å². The largest absolute Gasteiger partial charge is 0.481 e. The van der Waals surface area contributed by atoms with Crippen molar-refractivity contribution in [2.75, 3.05) is 5.32 Å². The van der Waals surface area contributed by atoms with Gasteiger partial charge in [0.05, 0.1) is 11.5 Å². The molecule has 4 rings (SSSR count). The fraction of sp³-hybridized carbons (Fsp3) is 0.367. The van der Waals surface area contributed by atoms with Crippen molar-refractivity contribution in [3.63, 3.8) is 0 Å².